The normalized spacial score (nSPS) is 20.3. The third-order valence-corrected chi connectivity index (χ3v) is 5.08. The van der Waals surface area contributed by atoms with E-state index in [0.717, 1.165) is 18.8 Å². The lowest BCUT2D eigenvalue weighted by molar-refractivity contribution is 0.192. The standard InChI is InChI=1S/C16H26N2OS/c1-3-9-19-15-6-4-13(5-7-15)16(11-17)18(2)14-8-10-20-12-14/h4-7,14,16H,3,8-12,17H2,1-2H3. The summed E-state index contributed by atoms with van der Waals surface area (Å²) in [7, 11) is 2.20. The first-order chi connectivity index (χ1) is 9.76. The maximum Gasteiger partial charge on any atom is 0.119 e. The molecule has 0 amide bonds. The molecule has 1 aromatic carbocycles. The van der Waals surface area contributed by atoms with Crippen LogP contribution in [0.4, 0.5) is 0 Å². The molecule has 0 radical (unpaired) electrons. The maximum atomic E-state index is 6.01. The van der Waals surface area contributed by atoms with Crippen LogP contribution >= 0.6 is 11.8 Å². The number of hydrogen-bond acceptors (Lipinski definition) is 4. The molecule has 1 aliphatic heterocycles. The molecule has 0 bridgehead atoms. The van der Waals surface area contributed by atoms with Gasteiger partial charge in [-0.1, -0.05) is 19.1 Å². The van der Waals surface area contributed by atoms with Crippen molar-refractivity contribution in [2.24, 2.45) is 5.73 Å². The first-order valence-electron chi connectivity index (χ1n) is 7.48. The molecule has 2 rings (SSSR count). The zero-order valence-electron chi connectivity index (χ0n) is 12.5. The van der Waals surface area contributed by atoms with Crippen LogP contribution in [0.3, 0.4) is 0 Å². The van der Waals surface area contributed by atoms with E-state index >= 15 is 0 Å². The van der Waals surface area contributed by atoms with Crippen molar-refractivity contribution in [2.45, 2.75) is 31.8 Å². The second-order valence-electron chi connectivity index (χ2n) is 5.35. The fraction of sp³-hybridized carbons (Fsp3) is 0.625. The molecule has 0 spiro atoms. The summed E-state index contributed by atoms with van der Waals surface area (Å²) >= 11 is 2.04. The van der Waals surface area contributed by atoms with E-state index in [4.69, 9.17) is 10.5 Å². The quantitative estimate of drug-likeness (QED) is 0.839. The van der Waals surface area contributed by atoms with E-state index in [1.807, 2.05) is 11.8 Å². The minimum Gasteiger partial charge on any atom is -0.494 e. The highest BCUT2D eigenvalue weighted by Gasteiger charge is 2.26. The van der Waals surface area contributed by atoms with Crippen molar-refractivity contribution in [2.75, 3.05) is 31.7 Å². The number of nitrogens with two attached hydrogens (primary N) is 1. The second-order valence-corrected chi connectivity index (χ2v) is 6.50. The molecule has 2 unspecified atom stereocenters. The van der Waals surface area contributed by atoms with Crippen molar-refractivity contribution in [3.8, 4) is 5.75 Å². The summed E-state index contributed by atoms with van der Waals surface area (Å²) in [6, 6.07) is 9.39. The third-order valence-electron chi connectivity index (χ3n) is 3.93. The highest BCUT2D eigenvalue weighted by Crippen LogP contribution is 2.29. The Morgan fingerprint density at radius 2 is 2.15 bits per heavy atom. The second kappa shape index (κ2) is 7.91. The highest BCUT2D eigenvalue weighted by molar-refractivity contribution is 7.99. The molecule has 1 fully saturated rings. The van der Waals surface area contributed by atoms with Gasteiger partial charge in [-0.3, -0.25) is 4.90 Å². The first-order valence-corrected chi connectivity index (χ1v) is 8.64. The van der Waals surface area contributed by atoms with Gasteiger partial charge in [0.15, 0.2) is 0 Å². The molecule has 1 aromatic rings. The Kier molecular flexibility index (Phi) is 6.20. The van der Waals surface area contributed by atoms with Crippen LogP contribution in [0, 0.1) is 0 Å². The van der Waals surface area contributed by atoms with Crippen LogP contribution in [-0.4, -0.2) is 42.6 Å². The van der Waals surface area contributed by atoms with E-state index in [2.05, 4.69) is 43.1 Å². The average Bonchev–Trinajstić information content (AvgIpc) is 3.01. The molecule has 0 saturated carbocycles. The fourth-order valence-corrected chi connectivity index (χ4v) is 3.92. The topological polar surface area (TPSA) is 38.5 Å². The Hall–Kier alpha value is -0.710. The van der Waals surface area contributed by atoms with Crippen LogP contribution in [0.5, 0.6) is 5.75 Å². The molecule has 1 heterocycles. The highest BCUT2D eigenvalue weighted by atomic mass is 32.2. The van der Waals surface area contributed by atoms with Crippen LogP contribution in [0.25, 0.3) is 0 Å². The summed E-state index contributed by atoms with van der Waals surface area (Å²) in [6.07, 6.45) is 2.31. The molecule has 0 aliphatic carbocycles. The number of thioether (sulfide) groups is 1. The van der Waals surface area contributed by atoms with E-state index in [-0.39, 0.29) is 0 Å². The smallest absolute Gasteiger partial charge is 0.119 e. The minimum absolute atomic E-state index is 0.305. The largest absolute Gasteiger partial charge is 0.494 e. The Bertz CT molecular complexity index is 390. The summed E-state index contributed by atoms with van der Waals surface area (Å²) in [5.41, 5.74) is 7.30. The molecule has 112 valence electrons. The molecule has 1 aliphatic rings. The van der Waals surface area contributed by atoms with Crippen molar-refractivity contribution < 1.29 is 4.74 Å². The van der Waals surface area contributed by atoms with Gasteiger partial charge >= 0.3 is 0 Å². The van der Waals surface area contributed by atoms with Gasteiger partial charge in [-0.05, 0) is 43.3 Å². The zero-order valence-corrected chi connectivity index (χ0v) is 13.4. The van der Waals surface area contributed by atoms with Gasteiger partial charge in [0.05, 0.1) is 6.61 Å². The molecule has 1 saturated heterocycles. The Morgan fingerprint density at radius 1 is 1.40 bits per heavy atom. The lowest BCUT2D eigenvalue weighted by Crippen LogP contribution is -2.38. The predicted octanol–water partition coefficient (Wildman–Crippen LogP) is 2.91. The van der Waals surface area contributed by atoms with Crippen LogP contribution in [0.15, 0.2) is 24.3 Å². The van der Waals surface area contributed by atoms with E-state index in [1.165, 1.54) is 23.5 Å². The summed E-state index contributed by atoms with van der Waals surface area (Å²) in [4.78, 5) is 2.45. The maximum absolute atomic E-state index is 6.01. The van der Waals surface area contributed by atoms with Gasteiger partial charge < -0.3 is 10.5 Å². The Morgan fingerprint density at radius 3 is 2.70 bits per heavy atom. The summed E-state index contributed by atoms with van der Waals surface area (Å²) in [5, 5.41) is 0. The van der Waals surface area contributed by atoms with Gasteiger partial charge in [-0.2, -0.15) is 11.8 Å². The monoisotopic (exact) mass is 294 g/mol. The van der Waals surface area contributed by atoms with Gasteiger partial charge in [0.2, 0.25) is 0 Å². The van der Waals surface area contributed by atoms with E-state index in [1.54, 1.807) is 0 Å². The van der Waals surface area contributed by atoms with Gasteiger partial charge in [0, 0.05) is 24.4 Å². The molecular weight excluding hydrogens is 268 g/mol. The summed E-state index contributed by atoms with van der Waals surface area (Å²) in [5.74, 6) is 3.45. The Labute approximate surface area is 126 Å². The fourth-order valence-electron chi connectivity index (χ4n) is 2.64. The number of rotatable bonds is 7. The molecule has 0 aromatic heterocycles. The number of likely N-dealkylation sites (N-methyl/N-ethyl adjacent to an activating group) is 1. The number of hydrogen-bond donors (Lipinski definition) is 1. The van der Waals surface area contributed by atoms with E-state index in [9.17, 15) is 0 Å². The van der Waals surface area contributed by atoms with Gasteiger partial charge in [-0.25, -0.2) is 0 Å². The third kappa shape index (κ3) is 3.90. The molecular formula is C16H26N2OS. The number of ether oxygens (including phenoxy) is 1. The summed E-state index contributed by atoms with van der Waals surface area (Å²) in [6.45, 7) is 3.55. The van der Waals surface area contributed by atoms with Crippen molar-refractivity contribution >= 4 is 11.8 Å². The van der Waals surface area contributed by atoms with Crippen LogP contribution in [0.1, 0.15) is 31.4 Å². The average molecular weight is 294 g/mol. The molecule has 4 heteroatoms. The predicted molar refractivity (Wildman–Crippen MR) is 87.5 cm³/mol. The van der Waals surface area contributed by atoms with Crippen LogP contribution in [0.2, 0.25) is 0 Å². The van der Waals surface area contributed by atoms with Crippen LogP contribution < -0.4 is 10.5 Å². The SMILES string of the molecule is CCCOc1ccc(C(CN)N(C)C2CCSC2)cc1. The lowest BCUT2D eigenvalue weighted by atomic mass is 10.0. The van der Waals surface area contributed by atoms with Crippen molar-refractivity contribution in [3.05, 3.63) is 29.8 Å². The van der Waals surface area contributed by atoms with Gasteiger partial charge in [0.25, 0.3) is 0 Å². The number of benzene rings is 1. The van der Waals surface area contributed by atoms with Crippen molar-refractivity contribution in [1.82, 2.24) is 4.90 Å². The van der Waals surface area contributed by atoms with E-state index in [0.29, 0.717) is 18.6 Å². The van der Waals surface area contributed by atoms with Gasteiger partial charge in [-0.15, -0.1) is 0 Å². The molecule has 3 nitrogen and oxygen atoms in total. The van der Waals surface area contributed by atoms with E-state index < -0.39 is 0 Å². The first kappa shape index (κ1) is 15.7. The molecule has 20 heavy (non-hydrogen) atoms. The zero-order chi connectivity index (χ0) is 14.4. The summed E-state index contributed by atoms with van der Waals surface area (Å²) < 4.78 is 5.64. The van der Waals surface area contributed by atoms with Crippen molar-refractivity contribution in [3.63, 3.8) is 0 Å². The molecule has 2 atom stereocenters. The molecule has 2 N–H and O–H groups in total. The van der Waals surface area contributed by atoms with Crippen molar-refractivity contribution in [1.29, 1.82) is 0 Å². The number of nitrogens with zero attached hydrogens (tertiary/aromatic N) is 1. The minimum atomic E-state index is 0.305. The van der Waals surface area contributed by atoms with Gasteiger partial charge in [0.1, 0.15) is 5.75 Å². The van der Waals surface area contributed by atoms with Crippen LogP contribution in [-0.2, 0) is 0 Å². The lowest BCUT2D eigenvalue weighted by Gasteiger charge is -2.32. The Balaban J connectivity index is 2.02.